The second-order valence-electron chi connectivity index (χ2n) is 7.97. The summed E-state index contributed by atoms with van der Waals surface area (Å²) in [5, 5.41) is 0. The van der Waals surface area contributed by atoms with E-state index in [1.54, 1.807) is 12.1 Å². The second kappa shape index (κ2) is 6.92. The van der Waals surface area contributed by atoms with Crippen LogP contribution in [-0.2, 0) is 14.3 Å². The summed E-state index contributed by atoms with van der Waals surface area (Å²) in [6.45, 7) is 6.93. The van der Waals surface area contributed by atoms with E-state index in [-0.39, 0.29) is 18.0 Å². The van der Waals surface area contributed by atoms with Gasteiger partial charge in [0.05, 0.1) is 12.7 Å². The highest BCUT2D eigenvalue weighted by Gasteiger charge is 2.55. The number of carbonyl (C=O) groups is 2. The summed E-state index contributed by atoms with van der Waals surface area (Å²) in [6, 6.07) is 9.47. The minimum Gasteiger partial charge on any atom is -0.469 e. The third kappa shape index (κ3) is 3.51. The molecule has 0 aromatic heterocycles. The second-order valence-corrected chi connectivity index (χ2v) is 12.8. The summed E-state index contributed by atoms with van der Waals surface area (Å²) < 4.78 is 13.4. The number of rotatable bonds is 4. The van der Waals surface area contributed by atoms with E-state index in [0.29, 0.717) is 18.0 Å². The Bertz CT molecular complexity index is 643. The molecule has 25 heavy (non-hydrogen) atoms. The molecule has 136 valence electrons. The third-order valence-corrected chi connectivity index (χ3v) is 7.63. The average Bonchev–Trinajstić information content (AvgIpc) is 2.91. The normalized spacial score (nSPS) is 29.3. The van der Waals surface area contributed by atoms with Crippen molar-refractivity contribution in [3.8, 4) is 0 Å². The van der Waals surface area contributed by atoms with Crippen molar-refractivity contribution in [2.75, 3.05) is 7.11 Å². The van der Waals surface area contributed by atoms with Crippen LogP contribution in [0.15, 0.2) is 30.3 Å². The van der Waals surface area contributed by atoms with Crippen molar-refractivity contribution >= 4 is 20.2 Å². The lowest BCUT2D eigenvalue weighted by Crippen LogP contribution is -2.62. The fraction of sp³-hybridized carbons (Fsp3) is 0.579. The van der Waals surface area contributed by atoms with Gasteiger partial charge < -0.3 is 14.0 Å². The van der Waals surface area contributed by atoms with Crippen LogP contribution in [0, 0.1) is 5.92 Å². The van der Waals surface area contributed by atoms with Crippen molar-refractivity contribution in [3.63, 3.8) is 0 Å². The van der Waals surface area contributed by atoms with Crippen LogP contribution in [-0.4, -0.2) is 50.0 Å². The number of fused-ring (bicyclic) bond motifs is 2. The van der Waals surface area contributed by atoms with Gasteiger partial charge in [-0.15, -0.1) is 0 Å². The summed E-state index contributed by atoms with van der Waals surface area (Å²) in [5.74, 6) is -1.03. The van der Waals surface area contributed by atoms with Crippen LogP contribution in [0.2, 0.25) is 19.6 Å². The van der Waals surface area contributed by atoms with Gasteiger partial charge in [-0.2, -0.15) is 0 Å². The lowest BCUT2D eigenvalue weighted by Gasteiger charge is -2.48. The molecule has 2 aliphatic heterocycles. The lowest BCUT2D eigenvalue weighted by molar-refractivity contribution is -0.154. The molecular formula is C19H27NO4Si. The monoisotopic (exact) mass is 361 g/mol. The van der Waals surface area contributed by atoms with Crippen LogP contribution in [0.1, 0.15) is 29.6 Å². The van der Waals surface area contributed by atoms with Gasteiger partial charge in [0, 0.05) is 18.5 Å². The molecule has 2 bridgehead atoms. The van der Waals surface area contributed by atoms with Gasteiger partial charge in [-0.3, -0.25) is 4.79 Å². The van der Waals surface area contributed by atoms with Crippen LogP contribution >= 0.6 is 0 Å². The molecule has 1 aromatic rings. The van der Waals surface area contributed by atoms with Gasteiger partial charge in [0.25, 0.3) is 0 Å². The maximum Gasteiger partial charge on any atom is 0.338 e. The predicted molar refractivity (Wildman–Crippen MR) is 97.8 cm³/mol. The molecule has 3 rings (SSSR count). The van der Waals surface area contributed by atoms with Crippen LogP contribution in [0.5, 0.6) is 0 Å². The Hall–Kier alpha value is -1.66. The Labute approximate surface area is 150 Å². The Morgan fingerprint density at radius 3 is 2.40 bits per heavy atom. The quantitative estimate of drug-likeness (QED) is 0.609. The number of esters is 2. The topological polar surface area (TPSA) is 55.8 Å². The Balaban J connectivity index is 1.84. The first-order valence-electron chi connectivity index (χ1n) is 8.95. The van der Waals surface area contributed by atoms with Crippen LogP contribution in [0.3, 0.4) is 0 Å². The zero-order valence-electron chi connectivity index (χ0n) is 15.4. The van der Waals surface area contributed by atoms with Crippen molar-refractivity contribution in [1.29, 1.82) is 0 Å². The van der Waals surface area contributed by atoms with Gasteiger partial charge in [-0.1, -0.05) is 37.8 Å². The highest BCUT2D eigenvalue weighted by Crippen LogP contribution is 2.44. The predicted octanol–water partition coefficient (Wildman–Crippen LogP) is 3.07. The molecule has 0 amide bonds. The average molecular weight is 362 g/mol. The third-order valence-electron chi connectivity index (χ3n) is 5.38. The maximum atomic E-state index is 12.5. The van der Waals surface area contributed by atoms with Gasteiger partial charge in [0.1, 0.15) is 20.3 Å². The molecule has 6 heteroatoms. The van der Waals surface area contributed by atoms with Crippen molar-refractivity contribution in [1.82, 2.24) is 4.57 Å². The summed E-state index contributed by atoms with van der Waals surface area (Å²) in [4.78, 5) is 25.0. The van der Waals surface area contributed by atoms with E-state index >= 15 is 0 Å². The summed E-state index contributed by atoms with van der Waals surface area (Å²) >= 11 is 0. The highest BCUT2D eigenvalue weighted by atomic mass is 28.3. The molecule has 0 saturated carbocycles. The number of benzene rings is 1. The van der Waals surface area contributed by atoms with Gasteiger partial charge >= 0.3 is 11.9 Å². The number of carbonyl (C=O) groups excluding carboxylic acids is 2. The minimum atomic E-state index is -1.57. The van der Waals surface area contributed by atoms with Crippen molar-refractivity contribution in [2.45, 2.75) is 57.1 Å². The number of ether oxygens (including phenoxy) is 2. The first-order chi connectivity index (χ1) is 11.8. The molecule has 5 nitrogen and oxygen atoms in total. The molecule has 0 N–H and O–H groups in total. The molecule has 1 aromatic carbocycles. The van der Waals surface area contributed by atoms with E-state index in [4.69, 9.17) is 9.47 Å². The van der Waals surface area contributed by atoms with Crippen LogP contribution < -0.4 is 0 Å². The van der Waals surface area contributed by atoms with E-state index in [0.717, 1.165) is 12.8 Å². The molecule has 0 aliphatic carbocycles. The molecule has 4 atom stereocenters. The SMILES string of the molecule is COC(=O)[C@H]1[C@@H](OC(=O)c2ccccc2)C[C@@H]2CC[C@@H]1N2[Si](C)(C)C. The Morgan fingerprint density at radius 1 is 1.12 bits per heavy atom. The Morgan fingerprint density at radius 2 is 1.80 bits per heavy atom. The highest BCUT2D eigenvalue weighted by molar-refractivity contribution is 6.73. The molecule has 0 radical (unpaired) electrons. The molecule has 0 unspecified atom stereocenters. The number of hydrogen-bond acceptors (Lipinski definition) is 5. The van der Waals surface area contributed by atoms with Crippen LogP contribution in [0.25, 0.3) is 0 Å². The molecule has 2 aliphatic rings. The minimum absolute atomic E-state index is 0.117. The van der Waals surface area contributed by atoms with E-state index in [1.165, 1.54) is 7.11 Å². The van der Waals surface area contributed by atoms with Crippen molar-refractivity contribution in [3.05, 3.63) is 35.9 Å². The van der Waals surface area contributed by atoms with Gasteiger partial charge in [-0.25, -0.2) is 4.79 Å². The Kier molecular flexibility index (Phi) is 5.02. The first-order valence-corrected chi connectivity index (χ1v) is 12.4. The van der Waals surface area contributed by atoms with Gasteiger partial charge in [0.15, 0.2) is 0 Å². The summed E-state index contributed by atoms with van der Waals surface area (Å²) in [7, 11) is -0.154. The number of methoxy groups -OCH3 is 1. The molecule has 2 fully saturated rings. The molecule has 0 spiro atoms. The smallest absolute Gasteiger partial charge is 0.338 e. The fourth-order valence-corrected chi connectivity index (χ4v) is 7.16. The first kappa shape index (κ1) is 18.1. The zero-order valence-corrected chi connectivity index (χ0v) is 16.4. The number of nitrogens with zero attached hydrogens (tertiary/aromatic N) is 1. The zero-order chi connectivity index (χ0) is 18.2. The van der Waals surface area contributed by atoms with Crippen molar-refractivity contribution in [2.24, 2.45) is 5.92 Å². The fourth-order valence-electron chi connectivity index (χ4n) is 4.55. The summed E-state index contributed by atoms with van der Waals surface area (Å²) in [5.41, 5.74) is 0.520. The van der Waals surface area contributed by atoms with Crippen molar-refractivity contribution < 1.29 is 19.1 Å². The summed E-state index contributed by atoms with van der Waals surface area (Å²) in [6.07, 6.45) is 2.32. The number of piperidine rings is 1. The molecular weight excluding hydrogens is 334 g/mol. The van der Waals surface area contributed by atoms with E-state index in [2.05, 4.69) is 24.2 Å². The largest absolute Gasteiger partial charge is 0.469 e. The maximum absolute atomic E-state index is 12.5. The standard InChI is InChI=1S/C19H27NO4Si/c1-23-19(22)17-15-11-10-14(20(15)25(2,3)4)12-16(17)24-18(21)13-8-6-5-7-9-13/h5-9,14-17H,10-12H2,1-4H3/t14-,15-,16-,17+/m0/s1. The van der Waals surface area contributed by atoms with E-state index < -0.39 is 20.3 Å². The number of hydrogen-bond donors (Lipinski definition) is 0. The molecule has 2 saturated heterocycles. The lowest BCUT2D eigenvalue weighted by atomic mass is 9.89. The van der Waals surface area contributed by atoms with Gasteiger partial charge in [0.2, 0.25) is 0 Å². The van der Waals surface area contributed by atoms with Crippen LogP contribution in [0.4, 0.5) is 0 Å². The van der Waals surface area contributed by atoms with E-state index in [9.17, 15) is 9.59 Å². The van der Waals surface area contributed by atoms with Gasteiger partial charge in [-0.05, 0) is 25.0 Å². The van der Waals surface area contributed by atoms with E-state index in [1.807, 2.05) is 18.2 Å². The molecule has 2 heterocycles.